The quantitative estimate of drug-likeness (QED) is 0.318. The molecule has 3 heterocycles. The molecule has 2 aliphatic heterocycles. The SMILES string of the molecule is C=CCN1CC(C(=O)O)CN2CCN(C(=O)c3ccc[nH]3)CC2C1.O=C(O)C(F)(F)F.O=C(O)C(F)(F)F. The fourth-order valence-corrected chi connectivity index (χ4v) is 3.64. The molecule has 1 amide bonds. The number of nitrogens with zero attached hydrogens (tertiary/aromatic N) is 3. The monoisotopic (exact) mass is 560 g/mol. The number of alkyl halides is 6. The number of carbonyl (C=O) groups excluding carboxylic acids is 1. The van der Waals surface area contributed by atoms with Crippen molar-refractivity contribution in [3.63, 3.8) is 0 Å². The van der Waals surface area contributed by atoms with E-state index in [1.54, 1.807) is 18.3 Å². The van der Waals surface area contributed by atoms with E-state index >= 15 is 0 Å². The van der Waals surface area contributed by atoms with E-state index in [0.717, 1.165) is 6.54 Å². The van der Waals surface area contributed by atoms with Crippen LogP contribution in [0.2, 0.25) is 0 Å². The topological polar surface area (TPSA) is 154 Å². The minimum atomic E-state index is -5.08. The molecule has 0 spiro atoms. The highest BCUT2D eigenvalue weighted by Gasteiger charge is 2.39. The molecule has 1 aromatic rings. The molecule has 2 atom stereocenters. The number of halogens is 6. The molecule has 2 aliphatic rings. The van der Waals surface area contributed by atoms with Crippen LogP contribution in [0.5, 0.6) is 0 Å². The van der Waals surface area contributed by atoms with Crippen molar-refractivity contribution in [3.05, 3.63) is 36.7 Å². The third-order valence-electron chi connectivity index (χ3n) is 5.34. The first kappa shape index (κ1) is 32.4. The van der Waals surface area contributed by atoms with E-state index < -0.39 is 36.2 Å². The molecule has 2 saturated heterocycles. The zero-order chi connectivity index (χ0) is 29.3. The summed E-state index contributed by atoms with van der Waals surface area (Å²) in [6, 6.07) is 3.76. The Balaban J connectivity index is 0.000000426. The highest BCUT2D eigenvalue weighted by Crippen LogP contribution is 2.20. The van der Waals surface area contributed by atoms with Crippen LogP contribution in [0.25, 0.3) is 0 Å². The number of aromatic amines is 1. The van der Waals surface area contributed by atoms with Gasteiger partial charge in [0.15, 0.2) is 0 Å². The van der Waals surface area contributed by atoms with Crippen LogP contribution in [0.4, 0.5) is 26.3 Å². The average Bonchev–Trinajstić information content (AvgIpc) is 3.27. The molecule has 11 nitrogen and oxygen atoms in total. The molecule has 0 aliphatic carbocycles. The fourth-order valence-electron chi connectivity index (χ4n) is 3.64. The first-order chi connectivity index (χ1) is 17.5. The lowest BCUT2D eigenvalue weighted by Crippen LogP contribution is -2.57. The Morgan fingerprint density at radius 2 is 1.50 bits per heavy atom. The highest BCUT2D eigenvalue weighted by atomic mass is 19.4. The van der Waals surface area contributed by atoms with E-state index in [1.165, 1.54) is 0 Å². The summed E-state index contributed by atoms with van der Waals surface area (Å²) in [4.78, 5) is 51.0. The molecule has 38 heavy (non-hydrogen) atoms. The fraction of sp³-hybridized carbons (Fsp3) is 0.524. The molecule has 17 heteroatoms. The molecule has 3 rings (SSSR count). The second kappa shape index (κ2) is 13.8. The Labute approximate surface area is 211 Å². The average molecular weight is 560 g/mol. The van der Waals surface area contributed by atoms with Gasteiger partial charge in [-0.3, -0.25) is 19.4 Å². The van der Waals surface area contributed by atoms with Gasteiger partial charge in [0.1, 0.15) is 5.69 Å². The van der Waals surface area contributed by atoms with Crippen molar-refractivity contribution in [1.29, 1.82) is 0 Å². The third-order valence-corrected chi connectivity index (χ3v) is 5.34. The molecule has 0 bridgehead atoms. The zero-order valence-corrected chi connectivity index (χ0v) is 19.7. The number of fused-ring (bicyclic) bond motifs is 1. The Kier molecular flexibility index (Phi) is 11.8. The van der Waals surface area contributed by atoms with Crippen LogP contribution in [0.15, 0.2) is 31.0 Å². The maximum absolute atomic E-state index is 12.6. The number of hydrogen-bond acceptors (Lipinski definition) is 6. The number of hydrogen-bond donors (Lipinski definition) is 4. The van der Waals surface area contributed by atoms with Crippen molar-refractivity contribution in [3.8, 4) is 0 Å². The van der Waals surface area contributed by atoms with E-state index in [0.29, 0.717) is 45.0 Å². The highest BCUT2D eigenvalue weighted by molar-refractivity contribution is 5.92. The van der Waals surface area contributed by atoms with Crippen LogP contribution in [-0.4, -0.2) is 123 Å². The van der Waals surface area contributed by atoms with E-state index in [4.69, 9.17) is 19.8 Å². The molecule has 0 saturated carbocycles. The summed E-state index contributed by atoms with van der Waals surface area (Å²) in [5.41, 5.74) is 0.600. The van der Waals surface area contributed by atoms with Gasteiger partial charge in [0.25, 0.3) is 5.91 Å². The molecule has 0 radical (unpaired) electrons. The molecule has 0 aromatic carbocycles. The smallest absolute Gasteiger partial charge is 0.481 e. The van der Waals surface area contributed by atoms with Crippen molar-refractivity contribution in [2.45, 2.75) is 18.4 Å². The number of carboxylic acids is 3. The minimum absolute atomic E-state index is 0.00829. The number of rotatable bonds is 4. The van der Waals surface area contributed by atoms with Gasteiger partial charge in [-0.25, -0.2) is 9.59 Å². The van der Waals surface area contributed by atoms with Gasteiger partial charge in [0.05, 0.1) is 5.92 Å². The molecule has 214 valence electrons. The molecular formula is C21H26F6N4O7. The predicted octanol–water partition coefficient (Wildman–Crippen LogP) is 1.61. The standard InChI is InChI=1S/C17H24N4O3.2C2HF3O2/c1-2-6-19-9-13(17(23)24)10-20-7-8-21(12-14(20)11-19)16(22)15-4-3-5-18-15;2*3-2(4,5)1(6)7/h2-5,13-14,18H,1,6-12H2,(H,23,24);2*(H,6,7). The van der Waals surface area contributed by atoms with Gasteiger partial charge in [0, 0.05) is 58.1 Å². The van der Waals surface area contributed by atoms with Crippen LogP contribution in [0, 0.1) is 5.92 Å². The van der Waals surface area contributed by atoms with Gasteiger partial charge in [-0.05, 0) is 12.1 Å². The Morgan fingerprint density at radius 1 is 0.947 bits per heavy atom. The van der Waals surface area contributed by atoms with Crippen molar-refractivity contribution in [1.82, 2.24) is 19.7 Å². The van der Waals surface area contributed by atoms with Gasteiger partial charge < -0.3 is 25.2 Å². The van der Waals surface area contributed by atoms with Crippen molar-refractivity contribution in [2.24, 2.45) is 5.92 Å². The summed E-state index contributed by atoms with van der Waals surface area (Å²) >= 11 is 0. The summed E-state index contributed by atoms with van der Waals surface area (Å²) in [5, 5.41) is 23.7. The largest absolute Gasteiger partial charge is 0.490 e. The molecule has 2 fully saturated rings. The van der Waals surface area contributed by atoms with E-state index in [-0.39, 0.29) is 11.9 Å². The van der Waals surface area contributed by atoms with Crippen molar-refractivity contribution in [2.75, 3.05) is 45.8 Å². The summed E-state index contributed by atoms with van der Waals surface area (Å²) < 4.78 is 63.5. The summed E-state index contributed by atoms with van der Waals surface area (Å²) in [6.45, 7) is 8.21. The Morgan fingerprint density at radius 3 is 1.92 bits per heavy atom. The third kappa shape index (κ3) is 10.4. The number of piperazine rings is 1. The lowest BCUT2D eigenvalue weighted by molar-refractivity contribution is -0.193. The van der Waals surface area contributed by atoms with Crippen LogP contribution in [-0.2, 0) is 14.4 Å². The molecule has 1 aromatic heterocycles. The maximum atomic E-state index is 12.6. The summed E-state index contributed by atoms with van der Waals surface area (Å²) in [5.74, 6) is -6.66. The van der Waals surface area contributed by atoms with E-state index in [2.05, 4.69) is 21.4 Å². The number of aliphatic carboxylic acids is 3. The van der Waals surface area contributed by atoms with E-state index in [9.17, 15) is 41.0 Å². The summed E-state index contributed by atoms with van der Waals surface area (Å²) in [7, 11) is 0. The predicted molar refractivity (Wildman–Crippen MR) is 117 cm³/mol. The van der Waals surface area contributed by atoms with E-state index in [1.807, 2.05) is 11.0 Å². The zero-order valence-electron chi connectivity index (χ0n) is 19.7. The summed E-state index contributed by atoms with van der Waals surface area (Å²) in [6.07, 6.45) is -6.61. The van der Waals surface area contributed by atoms with Gasteiger partial charge in [-0.15, -0.1) is 6.58 Å². The Hall–Kier alpha value is -3.60. The van der Waals surface area contributed by atoms with Gasteiger partial charge in [-0.2, -0.15) is 26.3 Å². The van der Waals surface area contributed by atoms with Crippen LogP contribution < -0.4 is 0 Å². The number of H-pyrrole nitrogens is 1. The van der Waals surface area contributed by atoms with Crippen molar-refractivity contribution >= 4 is 23.8 Å². The van der Waals surface area contributed by atoms with Crippen LogP contribution in [0.3, 0.4) is 0 Å². The second-order valence-corrected chi connectivity index (χ2v) is 8.13. The normalized spacial score (nSPS) is 20.4. The maximum Gasteiger partial charge on any atom is 0.490 e. The molecule has 4 N–H and O–H groups in total. The molecule has 2 unspecified atom stereocenters. The number of carbonyl (C=O) groups is 4. The molecular weight excluding hydrogens is 534 g/mol. The van der Waals surface area contributed by atoms with Gasteiger partial charge >= 0.3 is 30.3 Å². The lowest BCUT2D eigenvalue weighted by Gasteiger charge is -2.41. The second-order valence-electron chi connectivity index (χ2n) is 8.13. The number of amides is 1. The number of carboxylic acid groups (broad SMARTS) is 3. The number of aromatic nitrogens is 1. The van der Waals surface area contributed by atoms with Crippen LogP contribution >= 0.6 is 0 Å². The van der Waals surface area contributed by atoms with Crippen molar-refractivity contribution < 1.29 is 60.8 Å². The Bertz CT molecular complexity index is 944. The minimum Gasteiger partial charge on any atom is -0.481 e. The van der Waals surface area contributed by atoms with Crippen LogP contribution in [0.1, 0.15) is 10.5 Å². The van der Waals surface area contributed by atoms with Gasteiger partial charge in [-0.1, -0.05) is 6.08 Å². The first-order valence-corrected chi connectivity index (χ1v) is 10.8. The first-order valence-electron chi connectivity index (χ1n) is 10.8. The van der Waals surface area contributed by atoms with Gasteiger partial charge in [0.2, 0.25) is 0 Å². The lowest BCUT2D eigenvalue weighted by atomic mass is 10.1. The number of nitrogens with one attached hydrogen (secondary N) is 1.